The fourth-order valence-corrected chi connectivity index (χ4v) is 2.73. The van der Waals surface area contributed by atoms with Crippen LogP contribution in [0.25, 0.3) is 0 Å². The highest BCUT2D eigenvalue weighted by Gasteiger charge is 2.03. The number of nitrogens with two attached hydrogens (primary N) is 1. The van der Waals surface area contributed by atoms with Crippen LogP contribution < -0.4 is 11.1 Å². The highest BCUT2D eigenvalue weighted by Crippen LogP contribution is 2.17. The van der Waals surface area contributed by atoms with Crippen molar-refractivity contribution in [3.05, 3.63) is 60.4 Å². The topological polar surface area (TPSA) is 50.9 Å². The molecule has 0 aliphatic carbocycles. The number of thioether (sulfide) groups is 1. The number of pyridine rings is 1. The van der Waals surface area contributed by atoms with Gasteiger partial charge in [-0.25, -0.2) is 0 Å². The lowest BCUT2D eigenvalue weighted by molar-refractivity contribution is 0.589. The van der Waals surface area contributed by atoms with Gasteiger partial charge in [0.05, 0.1) is 5.69 Å². The molecular formula is C16H21N3S. The second kappa shape index (κ2) is 8.74. The molecule has 0 aliphatic heterocycles. The fraction of sp³-hybridized carbons (Fsp3) is 0.312. The summed E-state index contributed by atoms with van der Waals surface area (Å²) in [4.78, 5) is 5.56. The SMILES string of the molecule is N[C@H](CCNCc1ccccn1)CSc1ccccc1. The first kappa shape index (κ1) is 15.0. The van der Waals surface area contributed by atoms with Crippen LogP contribution >= 0.6 is 11.8 Å². The molecule has 1 aromatic heterocycles. The van der Waals surface area contributed by atoms with Crippen LogP contribution in [0.3, 0.4) is 0 Å². The van der Waals surface area contributed by atoms with Gasteiger partial charge in [-0.2, -0.15) is 0 Å². The molecule has 1 aromatic carbocycles. The smallest absolute Gasteiger partial charge is 0.0541 e. The Bertz CT molecular complexity index is 476. The van der Waals surface area contributed by atoms with E-state index in [1.165, 1.54) is 4.90 Å². The molecule has 0 saturated heterocycles. The maximum Gasteiger partial charge on any atom is 0.0541 e. The summed E-state index contributed by atoms with van der Waals surface area (Å²) in [5.41, 5.74) is 7.19. The highest BCUT2D eigenvalue weighted by atomic mass is 32.2. The lowest BCUT2D eigenvalue weighted by Crippen LogP contribution is -2.28. The van der Waals surface area contributed by atoms with Crippen molar-refractivity contribution in [3.63, 3.8) is 0 Å². The summed E-state index contributed by atoms with van der Waals surface area (Å²) < 4.78 is 0. The molecule has 2 aromatic rings. The summed E-state index contributed by atoms with van der Waals surface area (Å²) in [6.45, 7) is 1.73. The average Bonchev–Trinajstić information content (AvgIpc) is 2.52. The normalized spacial score (nSPS) is 12.2. The zero-order chi connectivity index (χ0) is 14.0. The van der Waals surface area contributed by atoms with Crippen LogP contribution in [0.2, 0.25) is 0 Å². The van der Waals surface area contributed by atoms with E-state index in [1.807, 2.05) is 42.2 Å². The minimum atomic E-state index is 0.219. The zero-order valence-corrected chi connectivity index (χ0v) is 12.4. The Morgan fingerprint density at radius 1 is 1.10 bits per heavy atom. The molecule has 106 valence electrons. The average molecular weight is 287 g/mol. The number of benzene rings is 1. The summed E-state index contributed by atoms with van der Waals surface area (Å²) in [5.74, 6) is 0.954. The van der Waals surface area contributed by atoms with Crippen LogP contribution in [0.1, 0.15) is 12.1 Å². The van der Waals surface area contributed by atoms with Gasteiger partial charge in [-0.3, -0.25) is 4.98 Å². The van der Waals surface area contributed by atoms with E-state index in [0.717, 1.165) is 31.0 Å². The van der Waals surface area contributed by atoms with Crippen molar-refractivity contribution in [2.45, 2.75) is 23.9 Å². The van der Waals surface area contributed by atoms with Crippen LogP contribution in [0.15, 0.2) is 59.6 Å². The summed E-state index contributed by atoms with van der Waals surface area (Å²) in [5, 5.41) is 3.38. The molecule has 1 heterocycles. The van der Waals surface area contributed by atoms with Crippen LogP contribution in [-0.2, 0) is 6.54 Å². The van der Waals surface area contributed by atoms with E-state index in [0.29, 0.717) is 0 Å². The van der Waals surface area contributed by atoms with Crippen molar-refractivity contribution in [1.82, 2.24) is 10.3 Å². The Balaban J connectivity index is 1.57. The minimum absolute atomic E-state index is 0.219. The van der Waals surface area contributed by atoms with E-state index in [9.17, 15) is 0 Å². The first-order valence-electron chi connectivity index (χ1n) is 6.88. The molecule has 0 amide bonds. The van der Waals surface area contributed by atoms with Gasteiger partial charge < -0.3 is 11.1 Å². The predicted molar refractivity (Wildman–Crippen MR) is 85.7 cm³/mol. The van der Waals surface area contributed by atoms with Gasteiger partial charge in [-0.1, -0.05) is 24.3 Å². The van der Waals surface area contributed by atoms with Gasteiger partial charge in [0.15, 0.2) is 0 Å². The minimum Gasteiger partial charge on any atom is -0.327 e. The maximum absolute atomic E-state index is 6.12. The number of hydrogen-bond donors (Lipinski definition) is 2. The predicted octanol–water partition coefficient (Wildman–Crippen LogP) is 2.68. The highest BCUT2D eigenvalue weighted by molar-refractivity contribution is 7.99. The van der Waals surface area contributed by atoms with Crippen molar-refractivity contribution in [1.29, 1.82) is 0 Å². The number of rotatable bonds is 8. The van der Waals surface area contributed by atoms with Crippen molar-refractivity contribution < 1.29 is 0 Å². The standard InChI is InChI=1S/C16H21N3S/c17-14(13-20-16-7-2-1-3-8-16)9-11-18-12-15-6-4-5-10-19-15/h1-8,10,14,18H,9,11-13,17H2/t14-/m1/s1. The van der Waals surface area contributed by atoms with E-state index in [4.69, 9.17) is 5.73 Å². The number of nitrogens with zero attached hydrogens (tertiary/aromatic N) is 1. The van der Waals surface area contributed by atoms with Crippen LogP contribution in [0.4, 0.5) is 0 Å². The molecule has 0 saturated carbocycles. The lowest BCUT2D eigenvalue weighted by atomic mass is 10.2. The van der Waals surface area contributed by atoms with E-state index < -0.39 is 0 Å². The maximum atomic E-state index is 6.12. The van der Waals surface area contributed by atoms with E-state index in [1.54, 1.807) is 0 Å². The van der Waals surface area contributed by atoms with Gasteiger partial charge in [0.2, 0.25) is 0 Å². The molecular weight excluding hydrogens is 266 g/mol. The Morgan fingerprint density at radius 3 is 2.65 bits per heavy atom. The number of nitrogens with one attached hydrogen (secondary N) is 1. The summed E-state index contributed by atoms with van der Waals surface area (Å²) in [6, 6.07) is 16.6. The van der Waals surface area contributed by atoms with Gasteiger partial charge >= 0.3 is 0 Å². The molecule has 4 heteroatoms. The third-order valence-electron chi connectivity index (χ3n) is 2.93. The van der Waals surface area contributed by atoms with Gasteiger partial charge in [-0.15, -0.1) is 11.8 Å². The Hall–Kier alpha value is -1.36. The second-order valence-corrected chi connectivity index (χ2v) is 5.76. The quantitative estimate of drug-likeness (QED) is 0.579. The molecule has 0 radical (unpaired) electrons. The Morgan fingerprint density at radius 2 is 1.90 bits per heavy atom. The molecule has 2 rings (SSSR count). The first-order chi connectivity index (χ1) is 9.84. The summed E-state index contributed by atoms with van der Waals surface area (Å²) >= 11 is 1.82. The molecule has 20 heavy (non-hydrogen) atoms. The van der Waals surface area contributed by atoms with Gasteiger partial charge in [0.25, 0.3) is 0 Å². The fourth-order valence-electron chi connectivity index (χ4n) is 1.81. The molecule has 0 unspecified atom stereocenters. The summed E-state index contributed by atoms with van der Waals surface area (Å²) in [7, 11) is 0. The third-order valence-corrected chi connectivity index (χ3v) is 4.13. The van der Waals surface area contributed by atoms with E-state index in [2.05, 4.69) is 34.6 Å². The van der Waals surface area contributed by atoms with E-state index in [-0.39, 0.29) is 6.04 Å². The van der Waals surface area contributed by atoms with E-state index >= 15 is 0 Å². The van der Waals surface area contributed by atoms with Gasteiger partial charge in [0, 0.05) is 29.4 Å². The molecule has 0 spiro atoms. The van der Waals surface area contributed by atoms with Gasteiger partial charge in [0.1, 0.15) is 0 Å². The second-order valence-electron chi connectivity index (χ2n) is 4.67. The van der Waals surface area contributed by atoms with Crippen molar-refractivity contribution in [3.8, 4) is 0 Å². The molecule has 0 aliphatic rings. The van der Waals surface area contributed by atoms with Gasteiger partial charge in [-0.05, 0) is 37.2 Å². The van der Waals surface area contributed by atoms with Crippen LogP contribution in [0, 0.1) is 0 Å². The van der Waals surface area contributed by atoms with Crippen LogP contribution in [-0.4, -0.2) is 23.3 Å². The molecule has 3 N–H and O–H groups in total. The molecule has 0 fully saturated rings. The Labute approximate surface area is 125 Å². The van der Waals surface area contributed by atoms with Crippen molar-refractivity contribution in [2.75, 3.05) is 12.3 Å². The number of aromatic nitrogens is 1. The van der Waals surface area contributed by atoms with Crippen LogP contribution in [0.5, 0.6) is 0 Å². The van der Waals surface area contributed by atoms with Crippen molar-refractivity contribution >= 4 is 11.8 Å². The zero-order valence-electron chi connectivity index (χ0n) is 11.5. The molecule has 3 nitrogen and oxygen atoms in total. The Kier molecular flexibility index (Phi) is 6.57. The largest absolute Gasteiger partial charge is 0.327 e. The number of hydrogen-bond acceptors (Lipinski definition) is 4. The lowest BCUT2D eigenvalue weighted by Gasteiger charge is -2.11. The monoisotopic (exact) mass is 287 g/mol. The molecule has 0 bridgehead atoms. The third kappa shape index (κ3) is 5.74. The summed E-state index contributed by atoms with van der Waals surface area (Å²) in [6.07, 6.45) is 2.80. The first-order valence-corrected chi connectivity index (χ1v) is 7.87. The van der Waals surface area contributed by atoms with Crippen molar-refractivity contribution in [2.24, 2.45) is 5.73 Å². The molecule has 1 atom stereocenters.